The molecule has 6 rings (SSSR count). The first-order chi connectivity index (χ1) is 29.4. The molecule has 1 heterocycles. The van der Waals surface area contributed by atoms with Crippen LogP contribution in [0.4, 0.5) is 101 Å². The maximum absolute atomic E-state index is 15.4. The molecular weight excluding hydrogens is 920 g/mol. The second kappa shape index (κ2) is 17.6. The van der Waals surface area contributed by atoms with Gasteiger partial charge in [0.25, 0.3) is 0 Å². The average molecular weight is 930 g/mol. The smallest absolute Gasteiger partial charge is 0.241 e. The lowest BCUT2D eigenvalue weighted by Gasteiger charge is -2.44. The van der Waals surface area contributed by atoms with E-state index in [0.29, 0.717) is 6.54 Å². The van der Waals surface area contributed by atoms with Crippen LogP contribution in [0.2, 0.25) is 0 Å². The van der Waals surface area contributed by atoms with E-state index < -0.39 is 156 Å². The number of aromatic nitrogens is 2. The largest absolute Gasteiger partial charge is 0.308 e. The van der Waals surface area contributed by atoms with Crippen LogP contribution in [0.3, 0.4) is 0 Å². The van der Waals surface area contributed by atoms with Crippen LogP contribution in [0.25, 0.3) is 5.83 Å². The van der Waals surface area contributed by atoms with Crippen molar-refractivity contribution in [3.8, 4) is 0 Å². The molecule has 0 N–H and O–H groups in total. The zero-order chi connectivity index (χ0) is 47.3. The summed E-state index contributed by atoms with van der Waals surface area (Å²) >= 11 is 0. The van der Waals surface area contributed by atoms with Gasteiger partial charge in [-0.1, -0.05) is 30.3 Å². The molecule has 0 atom stereocenters. The van der Waals surface area contributed by atoms with Crippen LogP contribution in [0.1, 0.15) is 11.3 Å². The highest BCUT2D eigenvalue weighted by Crippen LogP contribution is 2.31. The van der Waals surface area contributed by atoms with E-state index in [2.05, 4.69) is 4.98 Å². The van der Waals surface area contributed by atoms with E-state index in [1.165, 1.54) is 12.4 Å². The molecule has 1 aromatic heterocycles. The predicted molar refractivity (Wildman–Crippen MR) is 169 cm³/mol. The first kappa shape index (κ1) is 47.4. The fourth-order valence-electron chi connectivity index (χ4n) is 6.41. The molecule has 0 amide bonds. The number of halogens is 23. The van der Waals surface area contributed by atoms with Crippen LogP contribution in [-0.2, 0) is 6.54 Å². The molecule has 5 aromatic carbocycles. The van der Waals surface area contributed by atoms with Crippen LogP contribution in [-0.4, -0.2) is 11.1 Å². The fraction of sp³-hybridized carbons (Fsp3) is 0.0270. The second-order valence-corrected chi connectivity index (χ2v) is 12.5. The van der Waals surface area contributed by atoms with Crippen LogP contribution < -0.4 is 26.4 Å². The van der Waals surface area contributed by atoms with Crippen molar-refractivity contribution in [1.82, 2.24) is 4.98 Å². The summed E-state index contributed by atoms with van der Waals surface area (Å²) < 4.78 is 333. The van der Waals surface area contributed by atoms with Gasteiger partial charge in [-0.3, -0.25) is 0 Å². The summed E-state index contributed by atoms with van der Waals surface area (Å²) in [6.45, 7) is 0.470. The summed E-state index contributed by atoms with van der Waals surface area (Å²) in [5.74, 6) is -73.0. The van der Waals surface area contributed by atoms with Crippen LogP contribution in [0.5, 0.6) is 0 Å². The highest BCUT2D eigenvalue weighted by atomic mass is 19.3. The van der Waals surface area contributed by atoms with Gasteiger partial charge in [0.05, 0.1) is 6.20 Å². The molecule has 332 valence electrons. The van der Waals surface area contributed by atoms with Crippen molar-refractivity contribution in [2.24, 2.45) is 0 Å². The SMILES string of the molecule is FC(F)=C(F)c1c[n+](Cc2ccccc2)ccn1.Fc1c(F)c(F)c([B-](c2c(F)c(F)c(F)c(F)c2F)(c2c(F)c(F)c(F)c(F)c2F)c2c(F)c(F)c(F)c(F)c2F)c(F)c1F. The van der Waals surface area contributed by atoms with Gasteiger partial charge >= 0.3 is 6.08 Å². The van der Waals surface area contributed by atoms with E-state index in [4.69, 9.17) is 0 Å². The minimum absolute atomic E-state index is 0.367. The summed E-state index contributed by atoms with van der Waals surface area (Å²) in [6, 6.07) is 9.43. The Morgan fingerprint density at radius 1 is 0.397 bits per heavy atom. The summed E-state index contributed by atoms with van der Waals surface area (Å²) in [5.41, 5.74) is -13.7. The molecule has 0 radical (unpaired) electrons. The van der Waals surface area contributed by atoms with E-state index in [0.717, 1.165) is 5.56 Å². The molecule has 0 saturated heterocycles. The maximum atomic E-state index is 15.4. The zero-order valence-corrected chi connectivity index (χ0v) is 29.5. The highest BCUT2D eigenvalue weighted by Gasteiger charge is 2.52. The molecule has 6 aromatic rings. The predicted octanol–water partition coefficient (Wildman–Crippen LogP) is 8.80. The Kier molecular flexibility index (Phi) is 13.3. The van der Waals surface area contributed by atoms with Crippen LogP contribution in [0.15, 0.2) is 55.0 Å². The Labute approximate surface area is 333 Å². The monoisotopic (exact) mass is 930 g/mol. The standard InChI is InChI=1S/C24BF20.C13H10F3N2/c26-5-1(6(27)14(35)21(42)13(5)34)25(2-7(28)15(36)22(43)16(37)8(2)29,3-9(30)17(38)23(44)18(39)10(3)31)4-11(32)19(40)24(45)20(41)12(4)33;14-12(13(15)16)11-9-18(7-6-17-11)8-10-4-2-1-3-5-10/h;1-7,9H,8H2/q-1;+1. The Morgan fingerprint density at radius 2 is 0.667 bits per heavy atom. The van der Waals surface area contributed by atoms with Crippen molar-refractivity contribution in [2.45, 2.75) is 6.54 Å². The van der Waals surface area contributed by atoms with Gasteiger partial charge in [0.15, 0.2) is 94.4 Å². The minimum Gasteiger partial charge on any atom is -0.241 e. The van der Waals surface area contributed by atoms with E-state index in [1.54, 1.807) is 10.8 Å². The lowest BCUT2D eigenvalue weighted by molar-refractivity contribution is -0.689. The molecule has 63 heavy (non-hydrogen) atoms. The first-order valence-corrected chi connectivity index (χ1v) is 16.2. The van der Waals surface area contributed by atoms with Gasteiger partial charge in [0.1, 0.15) is 52.7 Å². The molecule has 0 aliphatic rings. The third kappa shape index (κ3) is 7.67. The van der Waals surface area contributed by atoms with Gasteiger partial charge in [-0.05, 0) is 0 Å². The molecule has 0 aliphatic heterocycles. The average Bonchev–Trinajstić information content (AvgIpc) is 3.26. The Balaban J connectivity index is 0.000000345. The lowest BCUT2D eigenvalue weighted by Crippen LogP contribution is -2.81. The van der Waals surface area contributed by atoms with Crippen molar-refractivity contribution in [3.63, 3.8) is 0 Å². The molecule has 0 unspecified atom stereocenters. The zero-order valence-electron chi connectivity index (χ0n) is 29.5. The molecule has 2 nitrogen and oxygen atoms in total. The fourth-order valence-corrected chi connectivity index (χ4v) is 6.41. The van der Waals surface area contributed by atoms with Crippen molar-refractivity contribution < 1.29 is 106 Å². The van der Waals surface area contributed by atoms with Gasteiger partial charge in [-0.15, -0.1) is 21.9 Å². The summed E-state index contributed by atoms with van der Waals surface area (Å²) in [4.78, 5) is 3.57. The lowest BCUT2D eigenvalue weighted by atomic mass is 9.12. The number of rotatable bonds is 7. The number of benzene rings is 5. The Hall–Kier alpha value is -6.63. The number of nitrogens with zero attached hydrogens (tertiary/aromatic N) is 2. The van der Waals surface area contributed by atoms with E-state index >= 15 is 35.1 Å². The molecule has 0 saturated carbocycles. The third-order valence-electron chi connectivity index (χ3n) is 9.07. The number of hydrogen-bond acceptors (Lipinski definition) is 1. The molecule has 0 bridgehead atoms. The summed E-state index contributed by atoms with van der Waals surface area (Å²) in [7, 11) is 0. The molecule has 26 heteroatoms. The quantitative estimate of drug-likeness (QED) is 0.0515. The van der Waals surface area contributed by atoms with E-state index in [1.807, 2.05) is 30.3 Å². The Bertz CT molecular complexity index is 2470. The maximum Gasteiger partial charge on any atom is 0.308 e. The molecule has 0 spiro atoms. The van der Waals surface area contributed by atoms with Crippen LogP contribution in [0, 0.1) is 116 Å². The third-order valence-corrected chi connectivity index (χ3v) is 9.07. The van der Waals surface area contributed by atoms with E-state index in [9.17, 15) is 65.9 Å². The van der Waals surface area contributed by atoms with E-state index in [-0.39, 0.29) is 5.69 Å². The van der Waals surface area contributed by atoms with Gasteiger partial charge in [0, 0.05) is 5.56 Å². The molecular formula is C37H10BF23N2. The summed E-state index contributed by atoms with van der Waals surface area (Å²) in [5, 5.41) is 0. The van der Waals surface area contributed by atoms with Crippen LogP contribution >= 0.6 is 0 Å². The highest BCUT2D eigenvalue weighted by molar-refractivity contribution is 7.20. The van der Waals surface area contributed by atoms with Gasteiger partial charge in [-0.2, -0.15) is 17.7 Å². The normalized spacial score (nSPS) is 11.5. The van der Waals surface area contributed by atoms with Crippen molar-refractivity contribution >= 4 is 33.8 Å². The topological polar surface area (TPSA) is 16.8 Å². The van der Waals surface area contributed by atoms with Gasteiger partial charge in [0.2, 0.25) is 5.83 Å². The second-order valence-electron chi connectivity index (χ2n) is 12.5. The summed E-state index contributed by atoms with van der Waals surface area (Å²) in [6.07, 6.45) is -5.44. The van der Waals surface area contributed by atoms with Crippen molar-refractivity contribution in [3.05, 3.63) is 183 Å². The Morgan fingerprint density at radius 3 is 0.937 bits per heavy atom. The molecule has 0 aliphatic carbocycles. The minimum atomic E-state index is -7.22. The van der Waals surface area contributed by atoms with Crippen molar-refractivity contribution in [1.29, 1.82) is 0 Å². The number of hydrogen-bond donors (Lipinski definition) is 0. The van der Waals surface area contributed by atoms with Gasteiger partial charge < -0.3 is 0 Å². The van der Waals surface area contributed by atoms with Gasteiger partial charge in [-0.25, -0.2) is 92.8 Å². The van der Waals surface area contributed by atoms with Crippen molar-refractivity contribution in [2.75, 3.05) is 0 Å². The first-order valence-electron chi connectivity index (χ1n) is 16.2. The molecule has 0 fully saturated rings.